The molecule has 0 bridgehead atoms. The molecule has 0 fully saturated rings. The highest BCUT2D eigenvalue weighted by Gasteiger charge is 2.31. The molecule has 1 atom stereocenters. The summed E-state index contributed by atoms with van der Waals surface area (Å²) in [5, 5.41) is 0. The molecule has 0 spiro atoms. The van der Waals surface area contributed by atoms with Crippen molar-refractivity contribution in [1.82, 2.24) is 0 Å². The Balaban J connectivity index is 2.47. The van der Waals surface area contributed by atoms with Crippen LogP contribution in [0.2, 0.25) is 0 Å². The molecule has 0 heterocycles. The Hall–Kier alpha value is -2.82. The van der Waals surface area contributed by atoms with Crippen molar-refractivity contribution in [3.05, 3.63) is 59.2 Å². The Bertz CT molecular complexity index is 755. The minimum atomic E-state index is -1.04. The lowest BCUT2D eigenvalue weighted by Crippen LogP contribution is -2.23. The fourth-order valence-corrected chi connectivity index (χ4v) is 2.70. The molecule has 2 aromatic carbocycles. The lowest BCUT2D eigenvalue weighted by Gasteiger charge is -2.16. The van der Waals surface area contributed by atoms with Crippen molar-refractivity contribution in [2.75, 3.05) is 21.3 Å². The number of esters is 1. The zero-order valence-corrected chi connectivity index (χ0v) is 15.7. The molecular formula is C21H24O5. The van der Waals surface area contributed by atoms with Gasteiger partial charge < -0.3 is 14.2 Å². The molecule has 5 nitrogen and oxygen atoms in total. The lowest BCUT2D eigenvalue weighted by atomic mass is 9.89. The van der Waals surface area contributed by atoms with Crippen LogP contribution in [-0.4, -0.2) is 33.1 Å². The van der Waals surface area contributed by atoms with Crippen LogP contribution >= 0.6 is 0 Å². The third-order valence-corrected chi connectivity index (χ3v) is 4.27. The van der Waals surface area contributed by atoms with E-state index in [1.54, 1.807) is 30.3 Å². The fraction of sp³-hybridized carbons (Fsp3) is 0.333. The second kappa shape index (κ2) is 8.52. The molecule has 0 saturated heterocycles. The van der Waals surface area contributed by atoms with Crippen molar-refractivity contribution in [2.45, 2.75) is 25.7 Å². The first-order chi connectivity index (χ1) is 12.4. The van der Waals surface area contributed by atoms with Gasteiger partial charge in [-0.15, -0.1) is 0 Å². The van der Waals surface area contributed by atoms with Crippen LogP contribution in [0.3, 0.4) is 0 Å². The van der Waals surface area contributed by atoms with Gasteiger partial charge in [0.2, 0.25) is 0 Å². The number of hydrogen-bond acceptors (Lipinski definition) is 5. The summed E-state index contributed by atoms with van der Waals surface area (Å²) in [4.78, 5) is 25.4. The van der Waals surface area contributed by atoms with Gasteiger partial charge in [-0.1, -0.05) is 38.1 Å². The van der Waals surface area contributed by atoms with Gasteiger partial charge in [-0.25, -0.2) is 0 Å². The molecule has 0 radical (unpaired) electrons. The molecule has 1 unspecified atom stereocenters. The van der Waals surface area contributed by atoms with Gasteiger partial charge in [0, 0.05) is 11.6 Å². The maximum absolute atomic E-state index is 13.1. The van der Waals surface area contributed by atoms with Gasteiger partial charge in [0.1, 0.15) is 17.4 Å². The van der Waals surface area contributed by atoms with E-state index in [9.17, 15) is 9.59 Å². The van der Waals surface area contributed by atoms with Crippen LogP contribution in [0.15, 0.2) is 42.5 Å². The van der Waals surface area contributed by atoms with Gasteiger partial charge in [-0.2, -0.15) is 0 Å². The van der Waals surface area contributed by atoms with E-state index in [4.69, 9.17) is 14.2 Å². The topological polar surface area (TPSA) is 61.8 Å². The van der Waals surface area contributed by atoms with Gasteiger partial charge in [-0.3, -0.25) is 9.59 Å². The van der Waals surface area contributed by atoms with E-state index in [-0.39, 0.29) is 5.78 Å². The van der Waals surface area contributed by atoms with E-state index in [1.807, 2.05) is 12.1 Å². The van der Waals surface area contributed by atoms with Gasteiger partial charge in [-0.05, 0) is 29.2 Å². The predicted octanol–water partition coefficient (Wildman–Crippen LogP) is 3.97. The van der Waals surface area contributed by atoms with Gasteiger partial charge >= 0.3 is 5.97 Å². The number of ketones is 1. The molecule has 2 rings (SSSR count). The predicted molar refractivity (Wildman–Crippen MR) is 99.2 cm³/mol. The Morgan fingerprint density at radius 3 is 1.73 bits per heavy atom. The molecule has 26 heavy (non-hydrogen) atoms. The fourth-order valence-electron chi connectivity index (χ4n) is 2.70. The van der Waals surface area contributed by atoms with Crippen LogP contribution < -0.4 is 9.47 Å². The second-order valence-electron chi connectivity index (χ2n) is 6.24. The number of Topliss-reactive ketones (excluding diaryl/α,β-unsaturated/α-hetero) is 1. The summed E-state index contributed by atoms with van der Waals surface area (Å²) in [5.41, 5.74) is 2.05. The Morgan fingerprint density at radius 2 is 1.31 bits per heavy atom. The molecule has 0 saturated carbocycles. The lowest BCUT2D eigenvalue weighted by molar-refractivity contribution is -0.141. The van der Waals surface area contributed by atoms with Crippen molar-refractivity contribution in [2.24, 2.45) is 0 Å². The molecule has 5 heteroatoms. The highest BCUT2D eigenvalue weighted by molar-refractivity contribution is 6.13. The minimum absolute atomic E-state index is 0.324. The third-order valence-electron chi connectivity index (χ3n) is 4.27. The summed E-state index contributed by atoms with van der Waals surface area (Å²) < 4.78 is 15.3. The molecule has 0 aliphatic rings. The van der Waals surface area contributed by atoms with Crippen molar-refractivity contribution in [3.63, 3.8) is 0 Å². The summed E-state index contributed by atoms with van der Waals surface area (Å²) in [6.07, 6.45) is 0. The summed E-state index contributed by atoms with van der Waals surface area (Å²) in [5.74, 6) is -0.699. The standard InChI is InChI=1S/C21H24O5/c1-13(2)14-6-8-15(9-7-14)19(21(23)26-5)20(22)16-10-17(24-3)12-18(11-16)25-4/h6-13,19H,1-5H3. The van der Waals surface area contributed by atoms with Crippen LogP contribution in [-0.2, 0) is 9.53 Å². The zero-order chi connectivity index (χ0) is 19.3. The van der Waals surface area contributed by atoms with Crippen molar-refractivity contribution in [3.8, 4) is 11.5 Å². The molecule has 0 aromatic heterocycles. The molecule has 0 amide bonds. The SMILES string of the molecule is COC(=O)C(C(=O)c1cc(OC)cc(OC)c1)c1ccc(C(C)C)cc1. The number of carbonyl (C=O) groups is 2. The first-order valence-corrected chi connectivity index (χ1v) is 8.36. The quantitative estimate of drug-likeness (QED) is 0.427. The van der Waals surface area contributed by atoms with Crippen molar-refractivity contribution < 1.29 is 23.8 Å². The average Bonchev–Trinajstić information content (AvgIpc) is 2.67. The molecule has 0 aliphatic heterocycles. The smallest absolute Gasteiger partial charge is 0.321 e. The Morgan fingerprint density at radius 1 is 0.808 bits per heavy atom. The summed E-state index contributed by atoms with van der Waals surface area (Å²) in [7, 11) is 4.29. The Labute approximate surface area is 153 Å². The number of ether oxygens (including phenoxy) is 3. The van der Waals surface area contributed by atoms with Crippen LogP contribution in [0.1, 0.15) is 47.2 Å². The first kappa shape index (κ1) is 19.5. The molecule has 138 valence electrons. The van der Waals surface area contributed by atoms with E-state index in [0.717, 1.165) is 5.56 Å². The molecule has 0 N–H and O–H groups in total. The maximum Gasteiger partial charge on any atom is 0.321 e. The van der Waals surface area contributed by atoms with Crippen LogP contribution in [0.5, 0.6) is 11.5 Å². The largest absolute Gasteiger partial charge is 0.497 e. The van der Waals surface area contributed by atoms with E-state index in [1.165, 1.54) is 21.3 Å². The summed E-state index contributed by atoms with van der Waals surface area (Å²) >= 11 is 0. The van der Waals surface area contributed by atoms with Crippen LogP contribution in [0.4, 0.5) is 0 Å². The van der Waals surface area contributed by atoms with E-state index in [2.05, 4.69) is 13.8 Å². The van der Waals surface area contributed by atoms with Crippen molar-refractivity contribution in [1.29, 1.82) is 0 Å². The average molecular weight is 356 g/mol. The normalized spacial score (nSPS) is 11.8. The van der Waals surface area contributed by atoms with Crippen molar-refractivity contribution >= 4 is 11.8 Å². The first-order valence-electron chi connectivity index (χ1n) is 8.36. The molecular weight excluding hydrogens is 332 g/mol. The number of methoxy groups -OCH3 is 3. The highest BCUT2D eigenvalue weighted by atomic mass is 16.5. The molecule has 2 aromatic rings. The van der Waals surface area contributed by atoms with E-state index < -0.39 is 11.9 Å². The van der Waals surface area contributed by atoms with Crippen LogP contribution in [0, 0.1) is 0 Å². The van der Waals surface area contributed by atoms with Gasteiger partial charge in [0.25, 0.3) is 0 Å². The van der Waals surface area contributed by atoms with E-state index >= 15 is 0 Å². The number of hydrogen-bond donors (Lipinski definition) is 0. The minimum Gasteiger partial charge on any atom is -0.497 e. The van der Waals surface area contributed by atoms with Gasteiger partial charge in [0.05, 0.1) is 21.3 Å². The second-order valence-corrected chi connectivity index (χ2v) is 6.24. The number of benzene rings is 2. The monoisotopic (exact) mass is 356 g/mol. The van der Waals surface area contributed by atoms with E-state index in [0.29, 0.717) is 28.5 Å². The number of carbonyl (C=O) groups excluding carboxylic acids is 2. The summed E-state index contributed by atoms with van der Waals surface area (Å²) in [6, 6.07) is 12.3. The Kier molecular flexibility index (Phi) is 6.39. The zero-order valence-electron chi connectivity index (χ0n) is 15.7. The summed E-state index contributed by atoms with van der Waals surface area (Å²) in [6.45, 7) is 4.17. The molecule has 0 aliphatic carbocycles. The number of rotatable bonds is 7. The van der Waals surface area contributed by atoms with Gasteiger partial charge in [0.15, 0.2) is 5.78 Å². The van der Waals surface area contributed by atoms with Crippen LogP contribution in [0.25, 0.3) is 0 Å². The maximum atomic E-state index is 13.1. The highest BCUT2D eigenvalue weighted by Crippen LogP contribution is 2.29. The third kappa shape index (κ3) is 4.23.